The van der Waals surface area contributed by atoms with Crippen LogP contribution < -0.4 is 0 Å². The van der Waals surface area contributed by atoms with Gasteiger partial charge in [0, 0.05) is 12.0 Å². The fraction of sp³-hybridized carbons (Fsp3) is 0.400. The van der Waals surface area contributed by atoms with Gasteiger partial charge < -0.3 is 0 Å². The van der Waals surface area contributed by atoms with Crippen LogP contribution in [0.3, 0.4) is 0 Å². The molecule has 0 N–H and O–H groups in total. The smallest absolute Gasteiger partial charge is 0.175 e. The van der Waals surface area contributed by atoms with E-state index in [0.29, 0.717) is 4.90 Å². The van der Waals surface area contributed by atoms with Gasteiger partial charge in [-0.15, -0.1) is 0 Å². The highest BCUT2D eigenvalue weighted by Crippen LogP contribution is 2.15. The molecule has 0 aliphatic rings. The third-order valence-electron chi connectivity index (χ3n) is 1.82. The van der Waals surface area contributed by atoms with Crippen LogP contribution >= 0.6 is 11.8 Å². The van der Waals surface area contributed by atoms with Crippen molar-refractivity contribution in [3.8, 4) is 0 Å². The van der Waals surface area contributed by atoms with Crippen LogP contribution in [0.1, 0.15) is 12.5 Å². The third-order valence-corrected chi connectivity index (χ3v) is 3.90. The number of hydrogen-bond acceptors (Lipinski definition) is 3. The molecule has 0 atom stereocenters. The lowest BCUT2D eigenvalue weighted by Crippen LogP contribution is -1.96. The molecular formula is C10H14O2S2. The Kier molecular flexibility index (Phi) is 4.01. The van der Waals surface area contributed by atoms with E-state index in [-0.39, 0.29) is 0 Å². The molecule has 78 valence electrons. The van der Waals surface area contributed by atoms with Gasteiger partial charge in [-0.3, -0.25) is 0 Å². The van der Waals surface area contributed by atoms with E-state index in [1.807, 2.05) is 23.9 Å². The van der Waals surface area contributed by atoms with Crippen LogP contribution in [-0.2, 0) is 15.6 Å². The number of hydrogen-bond donors (Lipinski definition) is 0. The Balaban J connectivity index is 2.79. The van der Waals surface area contributed by atoms with E-state index in [4.69, 9.17) is 0 Å². The average molecular weight is 230 g/mol. The van der Waals surface area contributed by atoms with Gasteiger partial charge in [0.05, 0.1) is 4.90 Å². The SMILES string of the molecule is CCSCc1ccc(S(C)(=O)=O)cc1. The maximum Gasteiger partial charge on any atom is 0.175 e. The van der Waals surface area contributed by atoms with E-state index in [9.17, 15) is 8.42 Å². The largest absolute Gasteiger partial charge is 0.224 e. The molecule has 1 aromatic rings. The molecule has 1 aromatic carbocycles. The first-order valence-electron chi connectivity index (χ1n) is 4.41. The summed E-state index contributed by atoms with van der Waals surface area (Å²) in [6, 6.07) is 7.08. The molecule has 0 fully saturated rings. The van der Waals surface area contributed by atoms with E-state index in [2.05, 4.69) is 6.92 Å². The van der Waals surface area contributed by atoms with Gasteiger partial charge in [-0.05, 0) is 23.4 Å². The molecule has 14 heavy (non-hydrogen) atoms. The Hall–Kier alpha value is -0.480. The molecule has 2 nitrogen and oxygen atoms in total. The normalized spacial score (nSPS) is 11.6. The highest BCUT2D eigenvalue weighted by Gasteiger charge is 2.05. The van der Waals surface area contributed by atoms with Crippen molar-refractivity contribution in [2.75, 3.05) is 12.0 Å². The Morgan fingerprint density at radius 3 is 2.21 bits per heavy atom. The summed E-state index contributed by atoms with van der Waals surface area (Å²) < 4.78 is 22.3. The molecule has 0 aliphatic heterocycles. The van der Waals surface area contributed by atoms with Gasteiger partial charge in [0.15, 0.2) is 9.84 Å². The van der Waals surface area contributed by atoms with Crippen molar-refractivity contribution in [3.05, 3.63) is 29.8 Å². The first kappa shape index (κ1) is 11.6. The number of thioether (sulfide) groups is 1. The summed E-state index contributed by atoms with van der Waals surface area (Å²) in [5.74, 6) is 2.02. The van der Waals surface area contributed by atoms with Crippen LogP contribution in [0.25, 0.3) is 0 Å². The number of rotatable bonds is 4. The number of benzene rings is 1. The van der Waals surface area contributed by atoms with Crippen LogP contribution in [0, 0.1) is 0 Å². The summed E-state index contributed by atoms with van der Waals surface area (Å²) in [5.41, 5.74) is 1.17. The standard InChI is InChI=1S/C10H14O2S2/c1-3-13-8-9-4-6-10(7-5-9)14(2,11)12/h4-7H,3,8H2,1-2H3. The van der Waals surface area contributed by atoms with Crippen molar-refractivity contribution in [2.45, 2.75) is 17.6 Å². The molecule has 0 amide bonds. The van der Waals surface area contributed by atoms with E-state index in [1.165, 1.54) is 11.8 Å². The van der Waals surface area contributed by atoms with E-state index >= 15 is 0 Å². The van der Waals surface area contributed by atoms with E-state index < -0.39 is 9.84 Å². The minimum Gasteiger partial charge on any atom is -0.224 e. The maximum absolute atomic E-state index is 11.2. The van der Waals surface area contributed by atoms with Gasteiger partial charge in [-0.2, -0.15) is 11.8 Å². The zero-order valence-electron chi connectivity index (χ0n) is 8.36. The van der Waals surface area contributed by atoms with E-state index in [0.717, 1.165) is 11.5 Å². The molecule has 0 saturated carbocycles. The maximum atomic E-state index is 11.2. The molecular weight excluding hydrogens is 216 g/mol. The minimum absolute atomic E-state index is 0.391. The third kappa shape index (κ3) is 3.35. The molecule has 0 bridgehead atoms. The molecule has 1 rings (SSSR count). The Morgan fingerprint density at radius 2 is 1.79 bits per heavy atom. The van der Waals surface area contributed by atoms with Gasteiger partial charge in [0.25, 0.3) is 0 Å². The minimum atomic E-state index is -3.05. The lowest BCUT2D eigenvalue weighted by molar-refractivity contribution is 0.602. The quantitative estimate of drug-likeness (QED) is 0.796. The lowest BCUT2D eigenvalue weighted by atomic mass is 10.2. The Bertz CT molecular complexity index is 379. The van der Waals surface area contributed by atoms with Crippen molar-refractivity contribution in [3.63, 3.8) is 0 Å². The summed E-state index contributed by atoms with van der Waals surface area (Å²) in [7, 11) is -3.05. The first-order chi connectivity index (χ1) is 6.54. The van der Waals surface area contributed by atoms with Crippen LogP contribution in [0.4, 0.5) is 0 Å². The summed E-state index contributed by atoms with van der Waals surface area (Å²) in [4.78, 5) is 0.391. The molecule has 0 saturated heterocycles. The predicted octanol–water partition coefficient (Wildman–Crippen LogP) is 2.34. The first-order valence-corrected chi connectivity index (χ1v) is 7.45. The fourth-order valence-electron chi connectivity index (χ4n) is 1.05. The second-order valence-electron chi connectivity index (χ2n) is 3.05. The van der Waals surface area contributed by atoms with Gasteiger partial charge in [0.2, 0.25) is 0 Å². The fourth-order valence-corrected chi connectivity index (χ4v) is 2.32. The molecule has 0 radical (unpaired) electrons. The summed E-state index contributed by atoms with van der Waals surface area (Å²) in [6.07, 6.45) is 1.22. The molecule has 0 heterocycles. The van der Waals surface area contributed by atoms with Crippen molar-refractivity contribution in [1.82, 2.24) is 0 Å². The van der Waals surface area contributed by atoms with Crippen molar-refractivity contribution in [1.29, 1.82) is 0 Å². The second-order valence-corrected chi connectivity index (χ2v) is 6.34. The Labute approximate surface area is 89.6 Å². The second kappa shape index (κ2) is 4.84. The van der Waals surface area contributed by atoms with Crippen molar-refractivity contribution >= 4 is 21.6 Å². The van der Waals surface area contributed by atoms with Crippen LogP contribution in [0.2, 0.25) is 0 Å². The number of sulfone groups is 1. The molecule has 0 spiro atoms. The highest BCUT2D eigenvalue weighted by molar-refractivity contribution is 7.98. The predicted molar refractivity (Wildman–Crippen MR) is 61.4 cm³/mol. The van der Waals surface area contributed by atoms with Gasteiger partial charge in [0.1, 0.15) is 0 Å². The molecule has 0 unspecified atom stereocenters. The topological polar surface area (TPSA) is 34.1 Å². The average Bonchev–Trinajstić information content (AvgIpc) is 2.14. The monoisotopic (exact) mass is 230 g/mol. The Morgan fingerprint density at radius 1 is 1.21 bits per heavy atom. The van der Waals surface area contributed by atoms with Crippen molar-refractivity contribution in [2.24, 2.45) is 0 Å². The zero-order chi connectivity index (χ0) is 10.6. The van der Waals surface area contributed by atoms with Gasteiger partial charge >= 0.3 is 0 Å². The summed E-state index contributed by atoms with van der Waals surface area (Å²) >= 11 is 1.83. The molecule has 0 aromatic heterocycles. The van der Waals surface area contributed by atoms with E-state index in [1.54, 1.807) is 12.1 Å². The lowest BCUT2D eigenvalue weighted by Gasteiger charge is -2.01. The summed E-state index contributed by atoms with van der Waals surface area (Å²) in [6.45, 7) is 2.11. The van der Waals surface area contributed by atoms with Crippen LogP contribution in [-0.4, -0.2) is 20.4 Å². The molecule has 0 aliphatic carbocycles. The summed E-state index contributed by atoms with van der Waals surface area (Å²) in [5, 5.41) is 0. The molecule has 4 heteroatoms. The van der Waals surface area contributed by atoms with Crippen LogP contribution in [0.15, 0.2) is 29.2 Å². The van der Waals surface area contributed by atoms with Gasteiger partial charge in [-0.1, -0.05) is 19.1 Å². The highest BCUT2D eigenvalue weighted by atomic mass is 32.2. The zero-order valence-corrected chi connectivity index (χ0v) is 9.99. The van der Waals surface area contributed by atoms with Crippen LogP contribution in [0.5, 0.6) is 0 Å². The van der Waals surface area contributed by atoms with Crippen molar-refractivity contribution < 1.29 is 8.42 Å². The van der Waals surface area contributed by atoms with Gasteiger partial charge in [-0.25, -0.2) is 8.42 Å².